The van der Waals surface area contributed by atoms with Crippen molar-refractivity contribution in [1.29, 1.82) is 5.26 Å². The zero-order chi connectivity index (χ0) is 17.6. The van der Waals surface area contributed by atoms with Crippen LogP contribution in [0.4, 0.5) is 19.3 Å². The number of halogens is 2. The standard InChI is InChI=1S/C14H15F2N3O4/c1-8(12(20)21)7-19(2)14(22)18-10-5-9(6-17)3-4-11(10)23-13(15)16/h3-5,8,13H,7H2,1-2H3,(H,18,22)(H,20,21). The Balaban J connectivity index is 2.91. The molecule has 0 fully saturated rings. The predicted octanol–water partition coefficient (Wildman–Crippen LogP) is 2.34. The van der Waals surface area contributed by atoms with Gasteiger partial charge in [0.2, 0.25) is 0 Å². The van der Waals surface area contributed by atoms with Gasteiger partial charge in [0.1, 0.15) is 5.75 Å². The highest BCUT2D eigenvalue weighted by Gasteiger charge is 2.19. The van der Waals surface area contributed by atoms with Crippen LogP contribution in [-0.4, -0.2) is 42.2 Å². The van der Waals surface area contributed by atoms with Gasteiger partial charge >= 0.3 is 18.6 Å². The average Bonchev–Trinajstić information content (AvgIpc) is 2.48. The normalized spacial score (nSPS) is 11.5. The zero-order valence-electron chi connectivity index (χ0n) is 12.4. The lowest BCUT2D eigenvalue weighted by molar-refractivity contribution is -0.141. The van der Waals surface area contributed by atoms with Crippen molar-refractivity contribution in [3.05, 3.63) is 23.8 Å². The lowest BCUT2D eigenvalue weighted by atomic mass is 10.2. The van der Waals surface area contributed by atoms with Crippen molar-refractivity contribution in [2.75, 3.05) is 18.9 Å². The van der Waals surface area contributed by atoms with Crippen molar-refractivity contribution in [3.8, 4) is 11.8 Å². The van der Waals surface area contributed by atoms with Gasteiger partial charge in [-0.15, -0.1) is 0 Å². The monoisotopic (exact) mass is 327 g/mol. The van der Waals surface area contributed by atoms with Crippen LogP contribution in [0.5, 0.6) is 5.75 Å². The Kier molecular flexibility index (Phi) is 6.26. The van der Waals surface area contributed by atoms with E-state index in [0.29, 0.717) is 0 Å². The quantitative estimate of drug-likeness (QED) is 0.835. The summed E-state index contributed by atoms with van der Waals surface area (Å²) in [5.41, 5.74) is 0.0349. The van der Waals surface area contributed by atoms with E-state index in [9.17, 15) is 18.4 Å². The van der Waals surface area contributed by atoms with Crippen LogP contribution in [0.3, 0.4) is 0 Å². The third kappa shape index (κ3) is 5.43. The summed E-state index contributed by atoms with van der Waals surface area (Å²) in [6.45, 7) is -1.75. The summed E-state index contributed by atoms with van der Waals surface area (Å²) < 4.78 is 29.0. The van der Waals surface area contributed by atoms with Crippen molar-refractivity contribution < 1.29 is 28.2 Å². The van der Waals surface area contributed by atoms with Crippen LogP contribution in [0.25, 0.3) is 0 Å². The van der Waals surface area contributed by atoms with E-state index in [0.717, 1.165) is 11.0 Å². The second-order valence-electron chi connectivity index (χ2n) is 4.75. The first kappa shape index (κ1) is 18.2. The molecule has 0 heterocycles. The predicted molar refractivity (Wildman–Crippen MR) is 76.2 cm³/mol. The molecule has 9 heteroatoms. The largest absolute Gasteiger partial charge is 0.481 e. The van der Waals surface area contributed by atoms with Gasteiger partial charge in [-0.2, -0.15) is 14.0 Å². The molecule has 7 nitrogen and oxygen atoms in total. The number of hydrogen-bond donors (Lipinski definition) is 2. The second kappa shape index (κ2) is 7.93. The molecule has 2 amide bonds. The highest BCUT2D eigenvalue weighted by Crippen LogP contribution is 2.27. The molecule has 0 bridgehead atoms. The number of carbonyl (C=O) groups excluding carboxylic acids is 1. The fourth-order valence-electron chi connectivity index (χ4n) is 1.68. The maximum atomic E-state index is 12.4. The van der Waals surface area contributed by atoms with Crippen LogP contribution in [0.15, 0.2) is 18.2 Å². The molecule has 0 aliphatic carbocycles. The number of benzene rings is 1. The van der Waals surface area contributed by atoms with E-state index in [1.165, 1.54) is 26.1 Å². The number of urea groups is 1. The van der Waals surface area contributed by atoms with Gasteiger partial charge in [-0.3, -0.25) is 4.79 Å². The van der Waals surface area contributed by atoms with E-state index < -0.39 is 24.5 Å². The zero-order valence-corrected chi connectivity index (χ0v) is 12.4. The van der Waals surface area contributed by atoms with Crippen molar-refractivity contribution in [2.45, 2.75) is 13.5 Å². The number of ether oxygens (including phenoxy) is 1. The molecule has 1 unspecified atom stereocenters. The first-order chi connectivity index (χ1) is 10.7. The maximum absolute atomic E-state index is 12.4. The van der Waals surface area contributed by atoms with E-state index in [4.69, 9.17) is 10.4 Å². The molecule has 0 aliphatic heterocycles. The molecule has 0 saturated heterocycles. The highest BCUT2D eigenvalue weighted by atomic mass is 19.3. The Labute approximate surface area is 131 Å². The van der Waals surface area contributed by atoms with Crippen LogP contribution in [0, 0.1) is 17.2 Å². The lowest BCUT2D eigenvalue weighted by Crippen LogP contribution is -2.36. The molecule has 1 aromatic rings. The number of carbonyl (C=O) groups is 2. The number of nitrogens with zero attached hydrogens (tertiary/aromatic N) is 2. The Morgan fingerprint density at radius 3 is 2.65 bits per heavy atom. The highest BCUT2D eigenvalue weighted by molar-refractivity contribution is 5.91. The minimum atomic E-state index is -3.09. The van der Waals surface area contributed by atoms with Gasteiger partial charge < -0.3 is 20.1 Å². The van der Waals surface area contributed by atoms with E-state index in [2.05, 4.69) is 10.1 Å². The van der Waals surface area contributed by atoms with E-state index in [-0.39, 0.29) is 23.5 Å². The van der Waals surface area contributed by atoms with Crippen LogP contribution in [0.2, 0.25) is 0 Å². The third-order valence-electron chi connectivity index (χ3n) is 2.88. The topological polar surface area (TPSA) is 103 Å². The SMILES string of the molecule is CC(CN(C)C(=O)Nc1cc(C#N)ccc1OC(F)F)C(=O)O. The van der Waals surface area contributed by atoms with Crippen LogP contribution >= 0.6 is 0 Å². The van der Waals surface area contributed by atoms with Crippen molar-refractivity contribution >= 4 is 17.7 Å². The fraction of sp³-hybridized carbons (Fsp3) is 0.357. The molecule has 1 atom stereocenters. The summed E-state index contributed by atoms with van der Waals surface area (Å²) in [4.78, 5) is 23.9. The number of carboxylic acid groups (broad SMARTS) is 1. The number of anilines is 1. The molecule has 2 N–H and O–H groups in total. The first-order valence-electron chi connectivity index (χ1n) is 6.48. The Morgan fingerprint density at radius 1 is 1.48 bits per heavy atom. The molecule has 0 aliphatic rings. The third-order valence-corrected chi connectivity index (χ3v) is 2.88. The van der Waals surface area contributed by atoms with Crippen LogP contribution < -0.4 is 10.1 Å². The van der Waals surface area contributed by atoms with Crippen molar-refractivity contribution in [2.24, 2.45) is 5.92 Å². The minimum Gasteiger partial charge on any atom is -0.481 e. The van der Waals surface area contributed by atoms with Gasteiger partial charge in [0, 0.05) is 13.6 Å². The number of rotatable bonds is 6. The second-order valence-corrected chi connectivity index (χ2v) is 4.75. The summed E-state index contributed by atoms with van der Waals surface area (Å²) in [5.74, 6) is -2.17. The van der Waals surface area contributed by atoms with E-state index in [1.807, 2.05) is 6.07 Å². The van der Waals surface area contributed by atoms with Gasteiger partial charge in [0.05, 0.1) is 23.2 Å². The van der Waals surface area contributed by atoms with Gasteiger partial charge in [-0.25, -0.2) is 4.79 Å². The maximum Gasteiger partial charge on any atom is 0.387 e. The number of nitriles is 1. The molecule has 124 valence electrons. The molecule has 0 radical (unpaired) electrons. The summed E-state index contributed by atoms with van der Waals surface area (Å²) in [6, 6.07) is 4.69. The molecule has 23 heavy (non-hydrogen) atoms. The van der Waals surface area contributed by atoms with Crippen LogP contribution in [0.1, 0.15) is 12.5 Å². The number of alkyl halides is 2. The number of carboxylic acids is 1. The van der Waals surface area contributed by atoms with Gasteiger partial charge in [0.15, 0.2) is 0 Å². The number of nitrogens with one attached hydrogen (secondary N) is 1. The Hall–Kier alpha value is -2.89. The minimum absolute atomic E-state index is 0.0792. The number of aliphatic carboxylic acids is 1. The summed E-state index contributed by atoms with van der Waals surface area (Å²) >= 11 is 0. The molecule has 0 saturated carbocycles. The smallest absolute Gasteiger partial charge is 0.387 e. The molecular weight excluding hydrogens is 312 g/mol. The van der Waals surface area contributed by atoms with Gasteiger partial charge in [-0.05, 0) is 18.2 Å². The molecule has 0 spiro atoms. The summed E-state index contributed by atoms with van der Waals surface area (Å²) in [6.07, 6.45) is 0. The van der Waals surface area contributed by atoms with Crippen molar-refractivity contribution in [1.82, 2.24) is 4.90 Å². The number of amides is 2. The van der Waals surface area contributed by atoms with E-state index >= 15 is 0 Å². The fourth-order valence-corrected chi connectivity index (χ4v) is 1.68. The first-order valence-corrected chi connectivity index (χ1v) is 6.48. The molecule has 1 rings (SSSR count). The van der Waals surface area contributed by atoms with Gasteiger partial charge in [-0.1, -0.05) is 6.92 Å². The van der Waals surface area contributed by atoms with Gasteiger partial charge in [0.25, 0.3) is 0 Å². The molecule has 1 aromatic carbocycles. The van der Waals surface area contributed by atoms with E-state index in [1.54, 1.807) is 0 Å². The Morgan fingerprint density at radius 2 is 2.13 bits per heavy atom. The lowest BCUT2D eigenvalue weighted by Gasteiger charge is -2.21. The summed E-state index contributed by atoms with van der Waals surface area (Å²) in [5, 5.41) is 20.0. The molecule has 0 aromatic heterocycles. The van der Waals surface area contributed by atoms with Crippen LogP contribution in [-0.2, 0) is 4.79 Å². The van der Waals surface area contributed by atoms with Crippen molar-refractivity contribution in [3.63, 3.8) is 0 Å². The summed E-state index contributed by atoms with van der Waals surface area (Å²) in [7, 11) is 1.36. The molecular formula is C14H15F2N3O4. The Bertz CT molecular complexity index is 631. The average molecular weight is 327 g/mol. The number of hydrogen-bond acceptors (Lipinski definition) is 4.